The normalized spacial score (nSPS) is 16.7. The van der Waals surface area contributed by atoms with Crippen molar-refractivity contribution in [3.05, 3.63) is 0 Å². The Morgan fingerprint density at radius 3 is 2.36 bits per heavy atom. The molecule has 0 aromatic heterocycles. The molecule has 64 valence electrons. The van der Waals surface area contributed by atoms with Crippen LogP contribution >= 0.6 is 0 Å². The second-order valence-corrected chi connectivity index (χ2v) is 3.20. The van der Waals surface area contributed by atoms with Crippen LogP contribution in [0.25, 0.3) is 0 Å². The van der Waals surface area contributed by atoms with Gasteiger partial charge >= 0.3 is 6.09 Å². The predicted octanol–water partition coefficient (Wildman–Crippen LogP) is 1.63. The first-order chi connectivity index (χ1) is 5.16. The molecular weight excluding hydrogens is 142 g/mol. The van der Waals surface area contributed by atoms with Crippen LogP contribution in [0.5, 0.6) is 0 Å². The van der Waals surface area contributed by atoms with E-state index in [4.69, 9.17) is 0 Å². The van der Waals surface area contributed by atoms with Gasteiger partial charge in [-0.2, -0.15) is 0 Å². The summed E-state index contributed by atoms with van der Waals surface area (Å²) in [6, 6.07) is 0.706. The van der Waals surface area contributed by atoms with Gasteiger partial charge in [-0.1, -0.05) is 0 Å². The van der Waals surface area contributed by atoms with E-state index in [0.717, 1.165) is 12.8 Å². The van der Waals surface area contributed by atoms with Crippen molar-refractivity contribution in [3.63, 3.8) is 0 Å². The van der Waals surface area contributed by atoms with Gasteiger partial charge in [0.15, 0.2) is 0 Å². The number of nitrogens with zero attached hydrogens (tertiary/aromatic N) is 1. The fourth-order valence-electron chi connectivity index (χ4n) is 1.24. The Labute approximate surface area is 67.3 Å². The first-order valence-corrected chi connectivity index (χ1v) is 4.03. The molecule has 0 heterocycles. The zero-order valence-electron chi connectivity index (χ0n) is 7.33. The highest BCUT2D eigenvalue weighted by atomic mass is 16.5. The van der Waals surface area contributed by atoms with Crippen molar-refractivity contribution in [2.24, 2.45) is 0 Å². The fraction of sp³-hybridized carbons (Fsp3) is 0.875. The highest BCUT2D eigenvalue weighted by molar-refractivity contribution is 5.68. The highest BCUT2D eigenvalue weighted by Crippen LogP contribution is 2.28. The van der Waals surface area contributed by atoms with E-state index in [1.807, 2.05) is 13.8 Å². The minimum atomic E-state index is -0.192. The average Bonchev–Trinajstić information content (AvgIpc) is 2.71. The standard InChI is InChI=1S/C8H15NO2/c1-6(2)9(7-4-5-7)8(10)11-3/h6-7H,4-5H2,1-3H3. The summed E-state index contributed by atoms with van der Waals surface area (Å²) in [6.45, 7) is 4.02. The molecule has 0 aromatic carbocycles. The molecule has 3 nitrogen and oxygen atoms in total. The van der Waals surface area contributed by atoms with Gasteiger partial charge in [-0.15, -0.1) is 0 Å². The molecule has 1 aliphatic carbocycles. The Balaban J connectivity index is 2.51. The van der Waals surface area contributed by atoms with Gasteiger partial charge < -0.3 is 9.64 Å². The molecule has 1 aliphatic rings. The summed E-state index contributed by atoms with van der Waals surface area (Å²) in [5.41, 5.74) is 0. The Bertz CT molecular complexity index is 150. The molecule has 1 fully saturated rings. The van der Waals surface area contributed by atoms with Crippen LogP contribution < -0.4 is 0 Å². The van der Waals surface area contributed by atoms with E-state index in [-0.39, 0.29) is 12.1 Å². The second kappa shape index (κ2) is 3.11. The Hall–Kier alpha value is -0.730. The molecule has 0 N–H and O–H groups in total. The van der Waals surface area contributed by atoms with Crippen LogP contribution in [-0.4, -0.2) is 30.2 Å². The van der Waals surface area contributed by atoms with E-state index >= 15 is 0 Å². The molecule has 1 rings (SSSR count). The molecule has 3 heteroatoms. The summed E-state index contributed by atoms with van der Waals surface area (Å²) in [6.07, 6.45) is 2.07. The van der Waals surface area contributed by atoms with Crippen molar-refractivity contribution in [1.82, 2.24) is 4.90 Å². The van der Waals surface area contributed by atoms with E-state index < -0.39 is 0 Å². The third-order valence-corrected chi connectivity index (χ3v) is 1.88. The molecule has 0 unspecified atom stereocenters. The summed E-state index contributed by atoms with van der Waals surface area (Å²) in [7, 11) is 1.43. The third kappa shape index (κ3) is 1.85. The fourth-order valence-corrected chi connectivity index (χ4v) is 1.24. The topological polar surface area (TPSA) is 29.5 Å². The van der Waals surface area contributed by atoms with Gasteiger partial charge in [0.1, 0.15) is 0 Å². The molecule has 0 spiro atoms. The molecule has 0 aromatic rings. The van der Waals surface area contributed by atoms with Gasteiger partial charge in [0.05, 0.1) is 7.11 Å². The minimum Gasteiger partial charge on any atom is -0.453 e. The molecule has 11 heavy (non-hydrogen) atoms. The number of hydrogen-bond acceptors (Lipinski definition) is 2. The van der Waals surface area contributed by atoms with E-state index in [0.29, 0.717) is 6.04 Å². The maximum Gasteiger partial charge on any atom is 0.409 e. The van der Waals surface area contributed by atoms with E-state index in [9.17, 15) is 4.79 Å². The summed E-state index contributed by atoms with van der Waals surface area (Å²) in [5, 5.41) is 0. The molecule has 0 radical (unpaired) electrons. The lowest BCUT2D eigenvalue weighted by atomic mass is 10.3. The minimum absolute atomic E-state index is 0.192. The van der Waals surface area contributed by atoms with Crippen LogP contribution in [0, 0.1) is 0 Å². The lowest BCUT2D eigenvalue weighted by molar-refractivity contribution is 0.108. The van der Waals surface area contributed by atoms with Crippen molar-refractivity contribution >= 4 is 6.09 Å². The lowest BCUT2D eigenvalue weighted by Crippen LogP contribution is -2.38. The Morgan fingerprint density at radius 2 is 2.09 bits per heavy atom. The van der Waals surface area contributed by atoms with Crippen LogP contribution in [0.1, 0.15) is 26.7 Å². The first-order valence-electron chi connectivity index (χ1n) is 4.03. The van der Waals surface area contributed by atoms with Gasteiger partial charge in [-0.25, -0.2) is 4.79 Å². The van der Waals surface area contributed by atoms with Gasteiger partial charge in [0.2, 0.25) is 0 Å². The molecular formula is C8H15NO2. The van der Waals surface area contributed by atoms with Crippen LogP contribution in [0.15, 0.2) is 0 Å². The summed E-state index contributed by atoms with van der Waals surface area (Å²) in [5.74, 6) is 0. The van der Waals surface area contributed by atoms with Crippen LogP contribution in [-0.2, 0) is 4.74 Å². The lowest BCUT2D eigenvalue weighted by Gasteiger charge is -2.24. The van der Waals surface area contributed by atoms with Crippen LogP contribution in [0.2, 0.25) is 0 Å². The van der Waals surface area contributed by atoms with E-state index in [1.54, 1.807) is 4.90 Å². The predicted molar refractivity (Wildman–Crippen MR) is 42.4 cm³/mol. The van der Waals surface area contributed by atoms with Crippen LogP contribution in [0.3, 0.4) is 0 Å². The zero-order chi connectivity index (χ0) is 8.43. The number of ether oxygens (including phenoxy) is 1. The average molecular weight is 157 g/mol. The number of rotatable bonds is 2. The SMILES string of the molecule is COC(=O)N(C(C)C)C1CC1. The molecule has 0 atom stereocenters. The van der Waals surface area contributed by atoms with Crippen molar-refractivity contribution < 1.29 is 9.53 Å². The summed E-state index contributed by atoms with van der Waals surface area (Å²) >= 11 is 0. The highest BCUT2D eigenvalue weighted by Gasteiger charge is 2.34. The Kier molecular flexibility index (Phi) is 2.37. The molecule has 0 bridgehead atoms. The van der Waals surface area contributed by atoms with Gasteiger partial charge in [-0.05, 0) is 26.7 Å². The third-order valence-electron chi connectivity index (χ3n) is 1.88. The van der Waals surface area contributed by atoms with Crippen LogP contribution in [0.4, 0.5) is 4.79 Å². The first kappa shape index (κ1) is 8.37. The van der Waals surface area contributed by atoms with Crippen molar-refractivity contribution in [1.29, 1.82) is 0 Å². The molecule has 0 saturated heterocycles. The van der Waals surface area contributed by atoms with Crippen molar-refractivity contribution in [2.45, 2.75) is 38.8 Å². The van der Waals surface area contributed by atoms with Gasteiger partial charge in [0, 0.05) is 12.1 Å². The molecule has 1 amide bonds. The largest absolute Gasteiger partial charge is 0.453 e. The smallest absolute Gasteiger partial charge is 0.409 e. The van der Waals surface area contributed by atoms with E-state index in [1.165, 1.54) is 7.11 Å². The number of carbonyl (C=O) groups excluding carboxylic acids is 1. The zero-order valence-corrected chi connectivity index (χ0v) is 7.33. The van der Waals surface area contributed by atoms with Crippen molar-refractivity contribution in [3.8, 4) is 0 Å². The number of amides is 1. The summed E-state index contributed by atoms with van der Waals surface area (Å²) < 4.78 is 4.66. The Morgan fingerprint density at radius 1 is 1.55 bits per heavy atom. The number of methoxy groups -OCH3 is 1. The van der Waals surface area contributed by atoms with Crippen molar-refractivity contribution in [2.75, 3.05) is 7.11 Å². The van der Waals surface area contributed by atoms with Gasteiger partial charge in [0.25, 0.3) is 0 Å². The quantitative estimate of drug-likeness (QED) is 0.609. The number of hydrogen-bond donors (Lipinski definition) is 0. The molecule has 1 saturated carbocycles. The maximum atomic E-state index is 11.1. The molecule has 0 aliphatic heterocycles. The maximum absolute atomic E-state index is 11.1. The van der Waals surface area contributed by atoms with E-state index in [2.05, 4.69) is 4.74 Å². The van der Waals surface area contributed by atoms with Gasteiger partial charge in [-0.3, -0.25) is 0 Å². The summed E-state index contributed by atoms with van der Waals surface area (Å²) in [4.78, 5) is 12.9. The monoisotopic (exact) mass is 157 g/mol. The number of carbonyl (C=O) groups is 1. The second-order valence-electron chi connectivity index (χ2n) is 3.20.